The molecular formula is C13H23NO3. The molecule has 1 saturated heterocycles. The molecule has 0 unspecified atom stereocenters. The Labute approximate surface area is 103 Å². The molecule has 98 valence electrons. The van der Waals surface area contributed by atoms with Gasteiger partial charge in [-0.2, -0.15) is 0 Å². The highest BCUT2D eigenvalue weighted by atomic mass is 16.6. The van der Waals surface area contributed by atoms with E-state index < -0.39 is 12.1 Å². The van der Waals surface area contributed by atoms with Crippen molar-refractivity contribution in [3.8, 4) is 0 Å². The Morgan fingerprint density at radius 2 is 1.59 bits per heavy atom. The van der Waals surface area contributed by atoms with Crippen LogP contribution in [0.25, 0.3) is 0 Å². The van der Waals surface area contributed by atoms with Crippen LogP contribution in [0.15, 0.2) is 0 Å². The summed E-state index contributed by atoms with van der Waals surface area (Å²) < 4.78 is 4.44. The third-order valence-electron chi connectivity index (χ3n) is 3.06. The fourth-order valence-corrected chi connectivity index (χ4v) is 2.02. The number of hydrogen-bond acceptors (Lipinski definition) is 3. The fourth-order valence-electron chi connectivity index (χ4n) is 2.02. The smallest absolute Gasteiger partial charge is 0.375 e. The van der Waals surface area contributed by atoms with Crippen molar-refractivity contribution in [1.29, 1.82) is 0 Å². The number of cyclic esters (lactones) is 2. The van der Waals surface area contributed by atoms with Gasteiger partial charge in [-0.05, 0) is 6.42 Å². The quantitative estimate of drug-likeness (QED) is 0.354. The Morgan fingerprint density at radius 3 is 2.12 bits per heavy atom. The number of carbonyl (C=O) groups is 2. The van der Waals surface area contributed by atoms with Crippen LogP contribution in [0.3, 0.4) is 0 Å². The van der Waals surface area contributed by atoms with Gasteiger partial charge in [0.25, 0.3) is 0 Å². The molecule has 4 nitrogen and oxygen atoms in total. The maximum absolute atomic E-state index is 11.1. The zero-order chi connectivity index (χ0) is 12.5. The topological polar surface area (TPSA) is 46.6 Å². The number of carbonyl (C=O) groups excluding carboxylic acids is 2. The summed E-state index contributed by atoms with van der Waals surface area (Å²) >= 11 is 0. The number of amides is 1. The first-order valence-corrected chi connectivity index (χ1v) is 6.73. The molecule has 1 fully saturated rings. The van der Waals surface area contributed by atoms with Gasteiger partial charge in [0.2, 0.25) is 0 Å². The van der Waals surface area contributed by atoms with Crippen molar-refractivity contribution in [1.82, 2.24) is 4.90 Å². The second-order valence-corrected chi connectivity index (χ2v) is 4.64. The molecule has 0 atom stereocenters. The van der Waals surface area contributed by atoms with Crippen LogP contribution in [0.5, 0.6) is 0 Å². The highest BCUT2D eigenvalue weighted by Crippen LogP contribution is 2.10. The minimum atomic E-state index is -0.474. The molecule has 4 heteroatoms. The summed E-state index contributed by atoms with van der Waals surface area (Å²) in [5, 5.41) is 0. The number of nitrogens with zero attached hydrogens (tertiary/aromatic N) is 1. The van der Waals surface area contributed by atoms with Crippen molar-refractivity contribution in [2.24, 2.45) is 0 Å². The zero-order valence-corrected chi connectivity index (χ0v) is 10.7. The van der Waals surface area contributed by atoms with Crippen LogP contribution in [0.2, 0.25) is 0 Å². The van der Waals surface area contributed by atoms with Gasteiger partial charge in [-0.1, -0.05) is 51.9 Å². The highest BCUT2D eigenvalue weighted by Gasteiger charge is 2.28. The maximum Gasteiger partial charge on any atom is 0.418 e. The predicted octanol–water partition coefficient (Wildman–Crippen LogP) is 3.11. The minimum Gasteiger partial charge on any atom is -0.375 e. The van der Waals surface area contributed by atoms with E-state index in [1.54, 1.807) is 0 Å². The van der Waals surface area contributed by atoms with E-state index in [1.165, 1.54) is 43.4 Å². The number of ether oxygens (including phenoxy) is 1. The Bertz CT molecular complexity index is 253. The van der Waals surface area contributed by atoms with Crippen molar-refractivity contribution in [3.63, 3.8) is 0 Å². The number of hydrogen-bond donors (Lipinski definition) is 0. The first-order valence-electron chi connectivity index (χ1n) is 6.73. The van der Waals surface area contributed by atoms with E-state index in [0.717, 1.165) is 12.8 Å². The van der Waals surface area contributed by atoms with Crippen molar-refractivity contribution in [3.05, 3.63) is 0 Å². The molecule has 0 aromatic heterocycles. The highest BCUT2D eigenvalue weighted by molar-refractivity contribution is 5.92. The van der Waals surface area contributed by atoms with Gasteiger partial charge in [0.05, 0.1) is 0 Å². The molecule has 0 saturated carbocycles. The van der Waals surface area contributed by atoms with E-state index in [-0.39, 0.29) is 6.54 Å². The SMILES string of the molecule is CCCCCCCCCCN1CC(=O)OC1=O. The Kier molecular flexibility index (Phi) is 6.67. The molecule has 0 aromatic carbocycles. The van der Waals surface area contributed by atoms with Crippen molar-refractivity contribution in [2.75, 3.05) is 13.1 Å². The van der Waals surface area contributed by atoms with Crippen LogP contribution in [0.1, 0.15) is 58.3 Å². The van der Waals surface area contributed by atoms with Crippen molar-refractivity contribution in [2.45, 2.75) is 58.3 Å². The summed E-state index contributed by atoms with van der Waals surface area (Å²) in [6, 6.07) is 0. The summed E-state index contributed by atoms with van der Waals surface area (Å²) in [6.45, 7) is 3.01. The summed E-state index contributed by atoms with van der Waals surface area (Å²) in [7, 11) is 0. The lowest BCUT2D eigenvalue weighted by Crippen LogP contribution is -2.25. The number of unbranched alkanes of at least 4 members (excludes halogenated alkanes) is 7. The third kappa shape index (κ3) is 5.71. The molecule has 1 heterocycles. The largest absolute Gasteiger partial charge is 0.418 e. The molecule has 0 aromatic rings. The van der Waals surface area contributed by atoms with Gasteiger partial charge in [-0.15, -0.1) is 0 Å². The second-order valence-electron chi connectivity index (χ2n) is 4.64. The van der Waals surface area contributed by atoms with Gasteiger partial charge in [0.1, 0.15) is 6.54 Å². The average molecular weight is 241 g/mol. The lowest BCUT2D eigenvalue weighted by Gasteiger charge is -2.10. The normalized spacial score (nSPS) is 15.5. The maximum atomic E-state index is 11.1. The number of rotatable bonds is 9. The van der Waals surface area contributed by atoms with Gasteiger partial charge in [0.15, 0.2) is 0 Å². The molecule has 17 heavy (non-hydrogen) atoms. The van der Waals surface area contributed by atoms with Gasteiger partial charge in [-0.25, -0.2) is 9.59 Å². The van der Waals surface area contributed by atoms with Crippen LogP contribution in [-0.2, 0) is 9.53 Å². The Morgan fingerprint density at radius 1 is 1.00 bits per heavy atom. The molecule has 0 radical (unpaired) electrons. The van der Waals surface area contributed by atoms with Crippen LogP contribution in [-0.4, -0.2) is 30.1 Å². The molecule has 1 aliphatic rings. The average Bonchev–Trinajstić information content (AvgIpc) is 2.61. The molecule has 0 N–H and O–H groups in total. The monoisotopic (exact) mass is 241 g/mol. The van der Waals surface area contributed by atoms with E-state index in [9.17, 15) is 9.59 Å². The molecule has 0 bridgehead atoms. The third-order valence-corrected chi connectivity index (χ3v) is 3.06. The number of esters is 1. The summed E-state index contributed by atoms with van der Waals surface area (Å²) in [5.41, 5.74) is 0. The molecule has 0 aliphatic carbocycles. The molecule has 0 spiro atoms. The standard InChI is InChI=1S/C13H23NO3/c1-2-3-4-5-6-7-8-9-10-14-11-12(15)17-13(14)16/h2-11H2,1H3. The molecule has 1 rings (SSSR count). The van der Waals surface area contributed by atoms with Gasteiger partial charge in [-0.3, -0.25) is 4.90 Å². The van der Waals surface area contributed by atoms with Crippen molar-refractivity contribution >= 4 is 12.1 Å². The van der Waals surface area contributed by atoms with E-state index in [0.29, 0.717) is 6.54 Å². The summed E-state index contributed by atoms with van der Waals surface area (Å²) in [5.74, 6) is -0.422. The second kappa shape index (κ2) is 8.09. The Hall–Kier alpha value is -1.06. The zero-order valence-electron chi connectivity index (χ0n) is 10.7. The molecule has 1 amide bonds. The first-order chi connectivity index (χ1) is 8.24. The summed E-state index contributed by atoms with van der Waals surface area (Å²) in [6.07, 6.45) is 9.40. The van der Waals surface area contributed by atoms with Crippen LogP contribution in [0, 0.1) is 0 Å². The van der Waals surface area contributed by atoms with Gasteiger partial charge >= 0.3 is 12.1 Å². The summed E-state index contributed by atoms with van der Waals surface area (Å²) in [4.78, 5) is 23.4. The lowest BCUT2D eigenvalue weighted by molar-refractivity contribution is -0.132. The molecular weight excluding hydrogens is 218 g/mol. The van der Waals surface area contributed by atoms with Crippen LogP contribution in [0.4, 0.5) is 4.79 Å². The van der Waals surface area contributed by atoms with E-state index in [2.05, 4.69) is 11.7 Å². The van der Waals surface area contributed by atoms with E-state index in [1.807, 2.05) is 0 Å². The van der Waals surface area contributed by atoms with Crippen LogP contribution >= 0.6 is 0 Å². The minimum absolute atomic E-state index is 0.134. The van der Waals surface area contributed by atoms with Gasteiger partial charge < -0.3 is 4.74 Å². The van der Waals surface area contributed by atoms with E-state index >= 15 is 0 Å². The predicted molar refractivity (Wildman–Crippen MR) is 65.7 cm³/mol. The fraction of sp³-hybridized carbons (Fsp3) is 0.846. The first kappa shape index (κ1) is 14.0. The van der Waals surface area contributed by atoms with Gasteiger partial charge in [0, 0.05) is 6.54 Å². The Balaban J connectivity index is 1.91. The van der Waals surface area contributed by atoms with E-state index in [4.69, 9.17) is 0 Å². The van der Waals surface area contributed by atoms with Crippen molar-refractivity contribution < 1.29 is 14.3 Å². The molecule has 1 aliphatic heterocycles. The lowest BCUT2D eigenvalue weighted by atomic mass is 10.1. The van der Waals surface area contributed by atoms with Crippen LogP contribution < -0.4 is 0 Å².